The molecule has 6 nitrogen and oxygen atoms in total. The van der Waals surface area contributed by atoms with Gasteiger partial charge in [0.05, 0.1) is 7.11 Å². The van der Waals surface area contributed by atoms with E-state index in [2.05, 4.69) is 5.32 Å². The SMILES string of the molecule is COc1ccc(OCC(=O)NC(CCC(=O)O)Cc2ccccc2)cc1C. The Kier molecular flexibility index (Phi) is 7.67. The Balaban J connectivity index is 1.91. The van der Waals surface area contributed by atoms with Crippen LogP contribution in [0.5, 0.6) is 11.5 Å². The van der Waals surface area contributed by atoms with Crippen LogP contribution in [0.1, 0.15) is 24.0 Å². The number of aryl methyl sites for hydroxylation is 1. The zero-order valence-corrected chi connectivity index (χ0v) is 15.6. The normalized spacial score (nSPS) is 11.5. The van der Waals surface area contributed by atoms with Crippen LogP contribution in [-0.2, 0) is 16.0 Å². The smallest absolute Gasteiger partial charge is 0.303 e. The highest BCUT2D eigenvalue weighted by Crippen LogP contribution is 2.22. The first-order chi connectivity index (χ1) is 13.0. The number of ether oxygens (including phenoxy) is 2. The van der Waals surface area contributed by atoms with Gasteiger partial charge in [-0.05, 0) is 49.1 Å². The summed E-state index contributed by atoms with van der Waals surface area (Å²) in [7, 11) is 1.60. The first-order valence-corrected chi connectivity index (χ1v) is 8.80. The summed E-state index contributed by atoms with van der Waals surface area (Å²) < 4.78 is 10.7. The largest absolute Gasteiger partial charge is 0.496 e. The summed E-state index contributed by atoms with van der Waals surface area (Å²) >= 11 is 0. The number of hydrogen-bond donors (Lipinski definition) is 2. The molecule has 2 rings (SSSR count). The van der Waals surface area contributed by atoms with Crippen molar-refractivity contribution < 1.29 is 24.2 Å². The van der Waals surface area contributed by atoms with E-state index < -0.39 is 5.97 Å². The molecule has 6 heteroatoms. The third kappa shape index (κ3) is 7.01. The van der Waals surface area contributed by atoms with Gasteiger partial charge in [0.1, 0.15) is 11.5 Å². The van der Waals surface area contributed by atoms with Gasteiger partial charge in [0.25, 0.3) is 5.91 Å². The van der Waals surface area contributed by atoms with Crippen LogP contribution < -0.4 is 14.8 Å². The lowest BCUT2D eigenvalue weighted by atomic mass is 10.0. The Bertz CT molecular complexity index is 760. The maximum Gasteiger partial charge on any atom is 0.303 e. The molecule has 0 aliphatic heterocycles. The van der Waals surface area contributed by atoms with E-state index in [9.17, 15) is 9.59 Å². The second kappa shape index (κ2) is 10.2. The van der Waals surface area contributed by atoms with E-state index in [0.717, 1.165) is 16.9 Å². The monoisotopic (exact) mass is 371 g/mol. The summed E-state index contributed by atoms with van der Waals surface area (Å²) in [5.74, 6) is 0.166. The molecule has 2 N–H and O–H groups in total. The molecule has 0 spiro atoms. The molecule has 0 fully saturated rings. The highest BCUT2D eigenvalue weighted by atomic mass is 16.5. The van der Waals surface area contributed by atoms with Crippen LogP contribution in [0.15, 0.2) is 48.5 Å². The summed E-state index contributed by atoms with van der Waals surface area (Å²) in [5.41, 5.74) is 1.96. The summed E-state index contributed by atoms with van der Waals surface area (Å²) in [5, 5.41) is 11.8. The predicted molar refractivity (Wildman–Crippen MR) is 102 cm³/mol. The molecule has 0 bridgehead atoms. The third-order valence-corrected chi connectivity index (χ3v) is 4.13. The summed E-state index contributed by atoms with van der Waals surface area (Å²) in [6.07, 6.45) is 0.926. The van der Waals surface area contributed by atoms with Gasteiger partial charge in [0.2, 0.25) is 0 Å². The van der Waals surface area contributed by atoms with E-state index in [1.54, 1.807) is 25.3 Å². The average Bonchev–Trinajstić information content (AvgIpc) is 2.65. The topological polar surface area (TPSA) is 84.9 Å². The fraction of sp³-hybridized carbons (Fsp3) is 0.333. The Labute approximate surface area is 159 Å². The van der Waals surface area contributed by atoms with Crippen molar-refractivity contribution in [1.29, 1.82) is 0 Å². The van der Waals surface area contributed by atoms with Gasteiger partial charge in [0, 0.05) is 12.5 Å². The van der Waals surface area contributed by atoms with Gasteiger partial charge in [-0.25, -0.2) is 0 Å². The van der Waals surface area contributed by atoms with Crippen molar-refractivity contribution >= 4 is 11.9 Å². The number of methoxy groups -OCH3 is 1. The number of nitrogens with one attached hydrogen (secondary N) is 1. The molecule has 0 saturated carbocycles. The molecule has 0 aliphatic rings. The number of rotatable bonds is 10. The maximum atomic E-state index is 12.3. The minimum absolute atomic E-state index is 0.00366. The van der Waals surface area contributed by atoms with E-state index in [1.807, 2.05) is 37.3 Å². The molecule has 144 valence electrons. The van der Waals surface area contributed by atoms with Crippen LogP contribution in [0, 0.1) is 6.92 Å². The van der Waals surface area contributed by atoms with Crippen molar-refractivity contribution in [2.45, 2.75) is 32.2 Å². The third-order valence-electron chi connectivity index (χ3n) is 4.13. The highest BCUT2D eigenvalue weighted by molar-refractivity contribution is 5.78. The molecular formula is C21H25NO5. The molecule has 2 aromatic rings. The molecule has 1 amide bonds. The Morgan fingerprint density at radius 1 is 1.15 bits per heavy atom. The van der Waals surface area contributed by atoms with Crippen LogP contribution in [0.3, 0.4) is 0 Å². The standard InChI is InChI=1S/C21H25NO5/c1-15-12-18(9-10-19(15)26-2)27-14-20(23)22-17(8-11-21(24)25)13-16-6-4-3-5-7-16/h3-7,9-10,12,17H,8,11,13-14H2,1-2H3,(H,22,23)(H,24,25). The number of amides is 1. The quantitative estimate of drug-likeness (QED) is 0.671. The van der Waals surface area contributed by atoms with E-state index in [0.29, 0.717) is 18.6 Å². The Morgan fingerprint density at radius 2 is 1.89 bits per heavy atom. The van der Waals surface area contributed by atoms with E-state index in [1.165, 1.54) is 0 Å². The Morgan fingerprint density at radius 3 is 2.52 bits per heavy atom. The van der Waals surface area contributed by atoms with Gasteiger partial charge in [-0.2, -0.15) is 0 Å². The number of carboxylic acid groups (broad SMARTS) is 1. The molecule has 1 unspecified atom stereocenters. The van der Waals surface area contributed by atoms with E-state index in [4.69, 9.17) is 14.6 Å². The molecule has 1 atom stereocenters. The second-order valence-corrected chi connectivity index (χ2v) is 6.31. The molecule has 2 aromatic carbocycles. The van der Waals surface area contributed by atoms with E-state index >= 15 is 0 Å². The van der Waals surface area contributed by atoms with E-state index in [-0.39, 0.29) is 25.0 Å². The first kappa shape index (κ1) is 20.3. The summed E-state index contributed by atoms with van der Waals surface area (Å²) in [4.78, 5) is 23.2. The van der Waals surface area contributed by atoms with Crippen molar-refractivity contribution in [3.05, 3.63) is 59.7 Å². The minimum Gasteiger partial charge on any atom is -0.496 e. The molecular weight excluding hydrogens is 346 g/mol. The number of carboxylic acids is 1. The fourth-order valence-electron chi connectivity index (χ4n) is 2.78. The van der Waals surface area contributed by atoms with Gasteiger partial charge in [-0.15, -0.1) is 0 Å². The Hall–Kier alpha value is -3.02. The zero-order chi connectivity index (χ0) is 19.6. The maximum absolute atomic E-state index is 12.3. The number of aliphatic carboxylic acids is 1. The molecule has 0 radical (unpaired) electrons. The van der Waals surface area contributed by atoms with Crippen LogP contribution >= 0.6 is 0 Å². The van der Waals surface area contributed by atoms with Crippen molar-refractivity contribution in [3.63, 3.8) is 0 Å². The highest BCUT2D eigenvalue weighted by Gasteiger charge is 2.15. The van der Waals surface area contributed by atoms with Gasteiger partial charge in [-0.3, -0.25) is 9.59 Å². The summed E-state index contributed by atoms with van der Waals surface area (Å²) in [6.45, 7) is 1.76. The predicted octanol–water partition coefficient (Wildman–Crippen LogP) is 2.97. The van der Waals surface area contributed by atoms with Gasteiger partial charge < -0.3 is 19.9 Å². The lowest BCUT2D eigenvalue weighted by Crippen LogP contribution is -2.39. The van der Waals surface area contributed by atoms with Gasteiger partial charge >= 0.3 is 5.97 Å². The number of benzene rings is 2. The summed E-state index contributed by atoms with van der Waals surface area (Å²) in [6, 6.07) is 14.7. The van der Waals surface area contributed by atoms with Crippen LogP contribution in [-0.4, -0.2) is 36.7 Å². The molecule has 27 heavy (non-hydrogen) atoms. The second-order valence-electron chi connectivity index (χ2n) is 6.31. The first-order valence-electron chi connectivity index (χ1n) is 8.80. The molecule has 0 aliphatic carbocycles. The average molecular weight is 371 g/mol. The van der Waals surface area contributed by atoms with Crippen LogP contribution in [0.2, 0.25) is 0 Å². The van der Waals surface area contributed by atoms with Crippen LogP contribution in [0.4, 0.5) is 0 Å². The minimum atomic E-state index is -0.882. The number of hydrogen-bond acceptors (Lipinski definition) is 4. The van der Waals surface area contributed by atoms with Crippen molar-refractivity contribution in [2.24, 2.45) is 0 Å². The fourth-order valence-corrected chi connectivity index (χ4v) is 2.78. The van der Waals surface area contributed by atoms with Crippen molar-refractivity contribution in [3.8, 4) is 11.5 Å². The molecule has 0 aromatic heterocycles. The molecule has 0 heterocycles. The molecule has 0 saturated heterocycles. The van der Waals surface area contributed by atoms with Crippen molar-refractivity contribution in [1.82, 2.24) is 5.32 Å². The lowest BCUT2D eigenvalue weighted by molar-refractivity contribution is -0.137. The zero-order valence-electron chi connectivity index (χ0n) is 15.6. The number of carbonyl (C=O) groups is 2. The van der Waals surface area contributed by atoms with Crippen molar-refractivity contribution in [2.75, 3.05) is 13.7 Å². The lowest BCUT2D eigenvalue weighted by Gasteiger charge is -2.18. The van der Waals surface area contributed by atoms with Gasteiger partial charge in [0.15, 0.2) is 6.61 Å². The number of carbonyl (C=O) groups excluding carboxylic acids is 1. The van der Waals surface area contributed by atoms with Gasteiger partial charge in [-0.1, -0.05) is 30.3 Å². The van der Waals surface area contributed by atoms with Crippen LogP contribution in [0.25, 0.3) is 0 Å².